The number of piperidine rings is 1. The monoisotopic (exact) mass is 308 g/mol. The minimum absolute atomic E-state index is 0.756. The van der Waals surface area contributed by atoms with E-state index in [0.29, 0.717) is 0 Å². The van der Waals surface area contributed by atoms with Crippen molar-refractivity contribution in [3.8, 4) is 0 Å². The summed E-state index contributed by atoms with van der Waals surface area (Å²) in [4.78, 5) is 2.61. The zero-order valence-electron chi connectivity index (χ0n) is 14.1. The average Bonchev–Trinajstić information content (AvgIpc) is 2.57. The largest absolute Gasteiger partial charge is 0.316 e. The second-order valence-electron chi connectivity index (χ2n) is 7.01. The van der Waals surface area contributed by atoms with Crippen LogP contribution in [0.1, 0.15) is 24.5 Å². The summed E-state index contributed by atoms with van der Waals surface area (Å²) in [5.41, 5.74) is 2.81. The van der Waals surface area contributed by atoms with Crippen LogP contribution in [-0.4, -0.2) is 24.5 Å². The molecule has 1 fully saturated rings. The van der Waals surface area contributed by atoms with Crippen LogP contribution in [0.15, 0.2) is 60.7 Å². The highest BCUT2D eigenvalue weighted by Gasteiger charge is 2.21. The van der Waals surface area contributed by atoms with Crippen molar-refractivity contribution in [2.45, 2.75) is 26.4 Å². The van der Waals surface area contributed by atoms with Crippen LogP contribution < -0.4 is 5.32 Å². The minimum Gasteiger partial charge on any atom is -0.316 e. The van der Waals surface area contributed by atoms with Crippen LogP contribution in [0.2, 0.25) is 0 Å². The molecule has 2 nitrogen and oxygen atoms in total. The molecule has 2 aromatic rings. The molecule has 0 aliphatic carbocycles. The Labute approximate surface area is 140 Å². The predicted molar refractivity (Wildman–Crippen MR) is 97.1 cm³/mol. The molecule has 0 amide bonds. The molecule has 2 heteroatoms. The van der Waals surface area contributed by atoms with Crippen molar-refractivity contribution in [2.75, 3.05) is 19.6 Å². The lowest BCUT2D eigenvalue weighted by Crippen LogP contribution is -2.41. The van der Waals surface area contributed by atoms with E-state index < -0.39 is 0 Å². The van der Waals surface area contributed by atoms with Gasteiger partial charge in [-0.3, -0.25) is 4.90 Å². The highest BCUT2D eigenvalue weighted by Crippen LogP contribution is 2.19. The topological polar surface area (TPSA) is 15.3 Å². The van der Waals surface area contributed by atoms with Crippen molar-refractivity contribution in [1.29, 1.82) is 0 Å². The van der Waals surface area contributed by atoms with Gasteiger partial charge in [0, 0.05) is 19.6 Å². The summed E-state index contributed by atoms with van der Waals surface area (Å²) in [7, 11) is 0. The van der Waals surface area contributed by atoms with Gasteiger partial charge in [0.2, 0.25) is 0 Å². The molecule has 1 aliphatic heterocycles. The molecule has 122 valence electrons. The molecule has 0 aromatic heterocycles. The van der Waals surface area contributed by atoms with E-state index in [-0.39, 0.29) is 0 Å². The van der Waals surface area contributed by atoms with Crippen molar-refractivity contribution in [2.24, 2.45) is 11.8 Å². The molecular formula is C21H28N2. The number of rotatable bonds is 6. The van der Waals surface area contributed by atoms with E-state index in [2.05, 4.69) is 77.8 Å². The Bertz CT molecular complexity index is 525. The van der Waals surface area contributed by atoms with Crippen LogP contribution in [0.25, 0.3) is 0 Å². The molecule has 1 N–H and O–H groups in total. The molecule has 0 spiro atoms. The van der Waals surface area contributed by atoms with Crippen molar-refractivity contribution in [1.82, 2.24) is 10.2 Å². The smallest absolute Gasteiger partial charge is 0.0237 e. The number of benzene rings is 2. The fraction of sp³-hybridized carbons (Fsp3) is 0.429. The van der Waals surface area contributed by atoms with Gasteiger partial charge < -0.3 is 5.32 Å². The summed E-state index contributed by atoms with van der Waals surface area (Å²) in [6.45, 7) is 7.92. The van der Waals surface area contributed by atoms with Crippen LogP contribution in [0.5, 0.6) is 0 Å². The van der Waals surface area contributed by atoms with Crippen molar-refractivity contribution in [3.05, 3.63) is 71.8 Å². The second-order valence-corrected chi connectivity index (χ2v) is 7.01. The summed E-state index contributed by atoms with van der Waals surface area (Å²) >= 11 is 0. The standard InChI is InChI=1S/C21H28N2/c1-18-12-21(14-22-13-18)17-23(15-19-8-4-2-5-9-19)16-20-10-6-3-7-11-20/h2-11,18,21-22H,12-17H2,1H3. The van der Waals surface area contributed by atoms with E-state index in [1.807, 2.05) is 0 Å². The molecular weight excluding hydrogens is 280 g/mol. The lowest BCUT2D eigenvalue weighted by atomic mass is 9.91. The Morgan fingerprint density at radius 3 is 1.96 bits per heavy atom. The first-order valence-electron chi connectivity index (χ1n) is 8.80. The van der Waals surface area contributed by atoms with Gasteiger partial charge in [-0.1, -0.05) is 67.6 Å². The quantitative estimate of drug-likeness (QED) is 0.869. The molecule has 3 rings (SSSR count). The van der Waals surface area contributed by atoms with Gasteiger partial charge in [-0.15, -0.1) is 0 Å². The number of nitrogens with one attached hydrogen (secondary N) is 1. The third-order valence-electron chi connectivity index (χ3n) is 4.68. The zero-order valence-corrected chi connectivity index (χ0v) is 14.1. The molecule has 0 radical (unpaired) electrons. The normalized spacial score (nSPS) is 21.5. The maximum absolute atomic E-state index is 3.59. The van der Waals surface area contributed by atoms with Gasteiger partial charge in [-0.05, 0) is 42.5 Å². The van der Waals surface area contributed by atoms with E-state index in [4.69, 9.17) is 0 Å². The van der Waals surface area contributed by atoms with Crippen LogP contribution >= 0.6 is 0 Å². The third kappa shape index (κ3) is 5.19. The van der Waals surface area contributed by atoms with Crippen LogP contribution in [-0.2, 0) is 13.1 Å². The van der Waals surface area contributed by atoms with Crippen LogP contribution in [0.3, 0.4) is 0 Å². The fourth-order valence-electron chi connectivity index (χ4n) is 3.64. The van der Waals surface area contributed by atoms with Crippen molar-refractivity contribution < 1.29 is 0 Å². The number of hydrogen-bond acceptors (Lipinski definition) is 2. The Morgan fingerprint density at radius 2 is 1.43 bits per heavy atom. The first-order chi connectivity index (χ1) is 11.3. The molecule has 2 atom stereocenters. The summed E-state index contributed by atoms with van der Waals surface area (Å²) in [5.74, 6) is 1.55. The lowest BCUT2D eigenvalue weighted by molar-refractivity contribution is 0.177. The van der Waals surface area contributed by atoms with E-state index in [1.165, 1.54) is 30.6 Å². The van der Waals surface area contributed by atoms with Gasteiger partial charge in [0.05, 0.1) is 0 Å². The highest BCUT2D eigenvalue weighted by atomic mass is 15.1. The molecule has 1 aliphatic rings. The Hall–Kier alpha value is -1.64. The van der Waals surface area contributed by atoms with Crippen molar-refractivity contribution >= 4 is 0 Å². The van der Waals surface area contributed by atoms with E-state index in [0.717, 1.165) is 31.5 Å². The summed E-state index contributed by atoms with van der Waals surface area (Å²) in [5, 5.41) is 3.59. The molecule has 0 saturated carbocycles. The molecule has 2 aromatic carbocycles. The molecule has 23 heavy (non-hydrogen) atoms. The van der Waals surface area contributed by atoms with Gasteiger partial charge in [0.25, 0.3) is 0 Å². The van der Waals surface area contributed by atoms with E-state index in [9.17, 15) is 0 Å². The maximum atomic E-state index is 3.59. The second kappa shape index (κ2) is 8.28. The number of nitrogens with zero attached hydrogens (tertiary/aromatic N) is 1. The maximum Gasteiger partial charge on any atom is 0.0237 e. The SMILES string of the molecule is CC1CNCC(CN(Cc2ccccc2)Cc2ccccc2)C1. The van der Waals surface area contributed by atoms with Crippen molar-refractivity contribution in [3.63, 3.8) is 0 Å². The fourth-order valence-corrected chi connectivity index (χ4v) is 3.64. The molecule has 1 saturated heterocycles. The molecule has 0 bridgehead atoms. The van der Waals surface area contributed by atoms with E-state index >= 15 is 0 Å². The number of hydrogen-bond donors (Lipinski definition) is 1. The minimum atomic E-state index is 0.756. The first-order valence-corrected chi connectivity index (χ1v) is 8.80. The summed E-state index contributed by atoms with van der Waals surface area (Å²) in [6.07, 6.45) is 1.34. The highest BCUT2D eigenvalue weighted by molar-refractivity contribution is 5.17. The molecule has 1 heterocycles. The third-order valence-corrected chi connectivity index (χ3v) is 4.68. The lowest BCUT2D eigenvalue weighted by Gasteiger charge is -2.33. The van der Waals surface area contributed by atoms with Gasteiger partial charge in [-0.2, -0.15) is 0 Å². The van der Waals surface area contributed by atoms with E-state index in [1.54, 1.807) is 0 Å². The summed E-state index contributed by atoms with van der Waals surface area (Å²) in [6, 6.07) is 21.7. The van der Waals surface area contributed by atoms with Gasteiger partial charge >= 0.3 is 0 Å². The predicted octanol–water partition coefficient (Wildman–Crippen LogP) is 3.93. The average molecular weight is 308 g/mol. The van der Waals surface area contributed by atoms with Crippen LogP contribution in [0.4, 0.5) is 0 Å². The zero-order chi connectivity index (χ0) is 15.9. The Balaban J connectivity index is 1.67. The first kappa shape index (κ1) is 16.2. The van der Waals surface area contributed by atoms with Gasteiger partial charge in [0.1, 0.15) is 0 Å². The van der Waals surface area contributed by atoms with Crippen LogP contribution in [0, 0.1) is 11.8 Å². The Morgan fingerprint density at radius 1 is 0.870 bits per heavy atom. The Kier molecular flexibility index (Phi) is 5.84. The summed E-state index contributed by atoms with van der Waals surface area (Å²) < 4.78 is 0. The van der Waals surface area contributed by atoms with Gasteiger partial charge in [-0.25, -0.2) is 0 Å². The van der Waals surface area contributed by atoms with Gasteiger partial charge in [0.15, 0.2) is 0 Å². The molecule has 2 unspecified atom stereocenters.